The number of para-hydroxylation sites is 2. The number of aromatic nitrogens is 2. The maximum atomic E-state index is 11.9. The lowest BCUT2D eigenvalue weighted by Crippen LogP contribution is -2.66. The number of fused-ring (bicyclic) bond motifs is 1. The number of ether oxygens (including phenoxy) is 1. The van der Waals surface area contributed by atoms with Gasteiger partial charge in [-0.1, -0.05) is 12.1 Å². The molecular formula is C14H17N3O2. The van der Waals surface area contributed by atoms with E-state index in [4.69, 9.17) is 4.74 Å². The predicted octanol–water partition coefficient (Wildman–Crippen LogP) is 0.662. The van der Waals surface area contributed by atoms with Crippen LogP contribution in [0.3, 0.4) is 0 Å². The van der Waals surface area contributed by atoms with Gasteiger partial charge < -0.3 is 14.6 Å². The van der Waals surface area contributed by atoms with Crippen LogP contribution in [0.5, 0.6) is 0 Å². The summed E-state index contributed by atoms with van der Waals surface area (Å²) in [6, 6.07) is 7.84. The second-order valence-corrected chi connectivity index (χ2v) is 5.80. The van der Waals surface area contributed by atoms with E-state index in [1.54, 1.807) is 0 Å². The monoisotopic (exact) mass is 259 g/mol. The van der Waals surface area contributed by atoms with Gasteiger partial charge in [0.15, 0.2) is 0 Å². The molecule has 100 valence electrons. The van der Waals surface area contributed by atoms with Crippen molar-refractivity contribution in [1.29, 1.82) is 0 Å². The number of hydrogen-bond acceptors (Lipinski definition) is 3. The number of H-pyrrole nitrogens is 1. The van der Waals surface area contributed by atoms with Crippen molar-refractivity contribution in [1.82, 2.24) is 14.5 Å². The normalized spacial score (nSPS) is 21.5. The van der Waals surface area contributed by atoms with Crippen LogP contribution in [0.25, 0.3) is 11.0 Å². The quantitative estimate of drug-likeness (QED) is 0.881. The molecule has 0 atom stereocenters. The first-order chi connectivity index (χ1) is 9.26. The number of rotatable bonds is 3. The van der Waals surface area contributed by atoms with Crippen LogP contribution in [0, 0.1) is 5.41 Å². The lowest BCUT2D eigenvalue weighted by atomic mass is 9.78. The molecule has 4 rings (SSSR count). The highest BCUT2D eigenvalue weighted by atomic mass is 16.5. The van der Waals surface area contributed by atoms with Crippen molar-refractivity contribution < 1.29 is 4.74 Å². The van der Waals surface area contributed by atoms with E-state index in [1.807, 2.05) is 28.8 Å². The van der Waals surface area contributed by atoms with Crippen LogP contribution in [-0.4, -0.2) is 47.3 Å². The first-order valence-electron chi connectivity index (χ1n) is 6.74. The molecule has 0 saturated carbocycles. The van der Waals surface area contributed by atoms with Gasteiger partial charge in [0.25, 0.3) is 0 Å². The van der Waals surface area contributed by atoms with Crippen LogP contribution >= 0.6 is 0 Å². The second kappa shape index (κ2) is 3.95. The highest BCUT2D eigenvalue weighted by Gasteiger charge is 2.48. The van der Waals surface area contributed by atoms with Crippen molar-refractivity contribution in [2.75, 3.05) is 32.8 Å². The molecule has 1 spiro atoms. The lowest BCUT2D eigenvalue weighted by Gasteiger charge is -2.55. The zero-order valence-electron chi connectivity index (χ0n) is 10.8. The maximum Gasteiger partial charge on any atom is 0.326 e. The fourth-order valence-corrected chi connectivity index (χ4v) is 3.20. The number of imidazole rings is 1. The van der Waals surface area contributed by atoms with E-state index in [0.29, 0.717) is 5.41 Å². The molecule has 3 heterocycles. The molecule has 2 fully saturated rings. The largest absolute Gasteiger partial charge is 0.380 e. The smallest absolute Gasteiger partial charge is 0.326 e. The van der Waals surface area contributed by atoms with Crippen LogP contribution in [0.15, 0.2) is 29.1 Å². The highest BCUT2D eigenvalue weighted by Crippen LogP contribution is 2.37. The van der Waals surface area contributed by atoms with Crippen molar-refractivity contribution in [2.45, 2.75) is 6.54 Å². The average molecular weight is 259 g/mol. The lowest BCUT2D eigenvalue weighted by molar-refractivity contribution is -0.189. The molecule has 1 N–H and O–H groups in total. The van der Waals surface area contributed by atoms with Crippen molar-refractivity contribution in [3.05, 3.63) is 34.7 Å². The highest BCUT2D eigenvalue weighted by molar-refractivity contribution is 5.74. The van der Waals surface area contributed by atoms with Gasteiger partial charge in [0, 0.05) is 31.6 Å². The molecule has 0 radical (unpaired) electrons. The van der Waals surface area contributed by atoms with Crippen LogP contribution in [0.1, 0.15) is 0 Å². The average Bonchev–Trinajstić information content (AvgIpc) is 2.62. The number of nitrogens with one attached hydrogen (secondary N) is 1. The van der Waals surface area contributed by atoms with Gasteiger partial charge in [0.2, 0.25) is 0 Å². The summed E-state index contributed by atoms with van der Waals surface area (Å²) in [4.78, 5) is 17.2. The number of nitrogens with zero attached hydrogens (tertiary/aromatic N) is 2. The Morgan fingerprint density at radius 2 is 2.00 bits per heavy atom. The first kappa shape index (κ1) is 11.3. The number of benzene rings is 1. The minimum absolute atomic E-state index is 0.0107. The standard InChI is InChI=1S/C14H17N3O2/c18-13-15-11-3-1-2-4-12(11)17(13)6-5-16-7-14(8-16)9-19-10-14/h1-4H,5-10H2,(H,15,18). The molecule has 2 aliphatic heterocycles. The van der Waals surface area contributed by atoms with E-state index >= 15 is 0 Å². The Labute approximate surface area is 110 Å². The summed E-state index contributed by atoms with van der Waals surface area (Å²) in [5.74, 6) is 0. The van der Waals surface area contributed by atoms with E-state index in [9.17, 15) is 4.79 Å². The van der Waals surface area contributed by atoms with Crippen molar-refractivity contribution in [3.63, 3.8) is 0 Å². The van der Waals surface area contributed by atoms with Gasteiger partial charge in [0.05, 0.1) is 24.2 Å². The second-order valence-electron chi connectivity index (χ2n) is 5.80. The minimum atomic E-state index is -0.0107. The summed E-state index contributed by atoms with van der Waals surface area (Å²) >= 11 is 0. The Balaban J connectivity index is 1.47. The molecule has 2 saturated heterocycles. The zero-order chi connectivity index (χ0) is 12.9. The molecule has 0 unspecified atom stereocenters. The number of aromatic amines is 1. The van der Waals surface area contributed by atoms with Gasteiger partial charge in [-0.15, -0.1) is 0 Å². The van der Waals surface area contributed by atoms with E-state index in [0.717, 1.165) is 50.4 Å². The minimum Gasteiger partial charge on any atom is -0.380 e. The molecule has 2 aliphatic rings. The molecule has 1 aromatic heterocycles. The Morgan fingerprint density at radius 3 is 2.74 bits per heavy atom. The molecule has 19 heavy (non-hydrogen) atoms. The van der Waals surface area contributed by atoms with Gasteiger partial charge in [-0.25, -0.2) is 4.79 Å². The van der Waals surface area contributed by atoms with Gasteiger partial charge in [-0.05, 0) is 12.1 Å². The van der Waals surface area contributed by atoms with Crippen LogP contribution in [-0.2, 0) is 11.3 Å². The van der Waals surface area contributed by atoms with E-state index in [-0.39, 0.29) is 5.69 Å². The van der Waals surface area contributed by atoms with Gasteiger partial charge in [-0.2, -0.15) is 0 Å². The van der Waals surface area contributed by atoms with Crippen molar-refractivity contribution >= 4 is 11.0 Å². The molecule has 0 aliphatic carbocycles. The third-order valence-electron chi connectivity index (χ3n) is 4.26. The molecule has 0 amide bonds. The van der Waals surface area contributed by atoms with Crippen molar-refractivity contribution in [3.8, 4) is 0 Å². The van der Waals surface area contributed by atoms with Crippen LogP contribution in [0.2, 0.25) is 0 Å². The van der Waals surface area contributed by atoms with Gasteiger partial charge >= 0.3 is 5.69 Å². The Morgan fingerprint density at radius 1 is 1.21 bits per heavy atom. The van der Waals surface area contributed by atoms with E-state index in [2.05, 4.69) is 9.88 Å². The summed E-state index contributed by atoms with van der Waals surface area (Å²) in [7, 11) is 0. The molecule has 5 heteroatoms. The molecule has 0 bridgehead atoms. The predicted molar refractivity (Wildman–Crippen MR) is 72.3 cm³/mol. The Kier molecular flexibility index (Phi) is 2.34. The third kappa shape index (κ3) is 1.73. The third-order valence-corrected chi connectivity index (χ3v) is 4.26. The summed E-state index contributed by atoms with van der Waals surface area (Å²) < 4.78 is 7.10. The van der Waals surface area contributed by atoms with Gasteiger partial charge in [-0.3, -0.25) is 4.57 Å². The summed E-state index contributed by atoms with van der Waals surface area (Å²) in [5, 5.41) is 0. The summed E-state index contributed by atoms with van der Waals surface area (Å²) in [5.41, 5.74) is 2.35. The Hall–Kier alpha value is -1.59. The van der Waals surface area contributed by atoms with E-state index in [1.165, 1.54) is 0 Å². The summed E-state index contributed by atoms with van der Waals surface area (Å²) in [6.07, 6.45) is 0. The summed E-state index contributed by atoms with van der Waals surface area (Å²) in [6.45, 7) is 5.74. The first-order valence-corrected chi connectivity index (χ1v) is 6.74. The SMILES string of the molecule is O=c1[nH]c2ccccc2n1CCN1CC2(COC2)C1. The topological polar surface area (TPSA) is 50.3 Å². The molecular weight excluding hydrogens is 242 g/mol. The van der Waals surface area contributed by atoms with Crippen LogP contribution in [0.4, 0.5) is 0 Å². The van der Waals surface area contributed by atoms with E-state index < -0.39 is 0 Å². The van der Waals surface area contributed by atoms with Gasteiger partial charge in [0.1, 0.15) is 0 Å². The zero-order valence-corrected chi connectivity index (χ0v) is 10.8. The number of likely N-dealkylation sites (tertiary alicyclic amines) is 1. The molecule has 5 nitrogen and oxygen atoms in total. The molecule has 2 aromatic rings. The molecule has 1 aromatic carbocycles. The fourth-order valence-electron chi connectivity index (χ4n) is 3.20. The Bertz CT molecular complexity index is 661. The van der Waals surface area contributed by atoms with Crippen LogP contribution < -0.4 is 5.69 Å². The number of hydrogen-bond donors (Lipinski definition) is 1. The fraction of sp³-hybridized carbons (Fsp3) is 0.500. The maximum absolute atomic E-state index is 11.9. The van der Waals surface area contributed by atoms with Crippen molar-refractivity contribution in [2.24, 2.45) is 5.41 Å².